The molecule has 2 amide bonds. The molecule has 0 heterocycles. The number of allylic oxidation sites excluding steroid dienone is 1. The third kappa shape index (κ3) is 6.37. The molecule has 30 heavy (non-hydrogen) atoms. The van der Waals surface area contributed by atoms with Gasteiger partial charge in [0.05, 0.1) is 33.6 Å². The average Bonchev–Trinajstić information content (AvgIpc) is 2.79. The number of carbonyl (C=O) groups excluding carboxylic acids is 2. The van der Waals surface area contributed by atoms with Gasteiger partial charge in [-0.05, 0) is 30.7 Å². The summed E-state index contributed by atoms with van der Waals surface area (Å²) in [4.78, 5) is 24.4. The van der Waals surface area contributed by atoms with Gasteiger partial charge in [-0.2, -0.15) is 5.10 Å². The highest BCUT2D eigenvalue weighted by Gasteiger charge is 2.17. The van der Waals surface area contributed by atoms with Crippen LogP contribution in [-0.4, -0.2) is 45.4 Å². The predicted molar refractivity (Wildman–Crippen MR) is 115 cm³/mol. The van der Waals surface area contributed by atoms with Crippen molar-refractivity contribution >= 4 is 23.6 Å². The lowest BCUT2D eigenvalue weighted by molar-refractivity contribution is -0.120. The van der Waals surface area contributed by atoms with Crippen LogP contribution in [0.15, 0.2) is 53.6 Å². The number of hydrogen-bond acceptors (Lipinski definition) is 6. The van der Waals surface area contributed by atoms with Crippen molar-refractivity contribution in [1.29, 1.82) is 0 Å². The number of methoxy groups -OCH3 is 3. The molecule has 2 aromatic carbocycles. The number of amides is 2. The van der Waals surface area contributed by atoms with Crippen molar-refractivity contribution in [1.82, 2.24) is 10.7 Å². The topological polar surface area (TPSA) is 98.2 Å². The highest BCUT2D eigenvalue weighted by atomic mass is 16.5. The lowest BCUT2D eigenvalue weighted by Crippen LogP contribution is -2.35. The Labute approximate surface area is 175 Å². The van der Waals surface area contributed by atoms with Crippen LogP contribution in [0, 0.1) is 0 Å². The summed E-state index contributed by atoms with van der Waals surface area (Å²) >= 11 is 0. The minimum atomic E-state index is -0.464. The molecule has 0 unspecified atom stereocenters. The van der Waals surface area contributed by atoms with E-state index >= 15 is 0 Å². The quantitative estimate of drug-likeness (QED) is 0.488. The molecule has 0 bridgehead atoms. The van der Waals surface area contributed by atoms with Crippen molar-refractivity contribution in [2.45, 2.75) is 6.92 Å². The number of hydrogen-bond donors (Lipinski definition) is 2. The van der Waals surface area contributed by atoms with Gasteiger partial charge in [-0.3, -0.25) is 9.59 Å². The summed E-state index contributed by atoms with van der Waals surface area (Å²) in [5, 5.41) is 6.52. The molecule has 0 saturated heterocycles. The number of nitrogens with one attached hydrogen (secondary N) is 2. The fourth-order valence-electron chi connectivity index (χ4n) is 2.48. The van der Waals surface area contributed by atoms with Gasteiger partial charge < -0.3 is 19.5 Å². The van der Waals surface area contributed by atoms with Gasteiger partial charge in [0, 0.05) is 5.56 Å². The van der Waals surface area contributed by atoms with Crippen LogP contribution in [0.5, 0.6) is 17.2 Å². The molecule has 8 nitrogen and oxygen atoms in total. The summed E-state index contributed by atoms with van der Waals surface area (Å²) in [7, 11) is 4.39. The molecular weight excluding hydrogens is 386 g/mol. The van der Waals surface area contributed by atoms with E-state index in [0.29, 0.717) is 23.0 Å². The van der Waals surface area contributed by atoms with Gasteiger partial charge in [0.2, 0.25) is 5.75 Å². The number of benzene rings is 2. The molecular formula is C22H25N3O5. The van der Waals surface area contributed by atoms with E-state index in [1.807, 2.05) is 36.4 Å². The van der Waals surface area contributed by atoms with Crippen molar-refractivity contribution in [2.24, 2.45) is 5.10 Å². The summed E-state index contributed by atoms with van der Waals surface area (Å²) in [6.07, 6.45) is 3.67. The summed E-state index contributed by atoms with van der Waals surface area (Å²) in [5.41, 5.74) is 4.31. The lowest BCUT2D eigenvalue weighted by atomic mass is 10.1. The standard InChI is InChI=1S/C22H25N3O5/c1-15(10-11-16-8-6-5-7-9-16)24-25-20(26)14-23-22(27)17-12-18(28-2)21(30-4)19(13-17)29-3/h5-13H,14H2,1-4H3,(H,23,27)(H,25,26)/b11-10+,24-15+. The third-order valence-corrected chi connectivity index (χ3v) is 4.01. The first-order valence-electron chi connectivity index (χ1n) is 9.13. The molecule has 0 spiro atoms. The first kappa shape index (κ1) is 22.5. The fraction of sp³-hybridized carbons (Fsp3) is 0.227. The summed E-state index contributed by atoms with van der Waals surface area (Å²) in [5.74, 6) is 0.147. The van der Waals surface area contributed by atoms with E-state index in [1.165, 1.54) is 33.5 Å². The highest BCUT2D eigenvalue weighted by Crippen LogP contribution is 2.38. The maximum absolute atomic E-state index is 12.4. The molecule has 0 aliphatic carbocycles. The zero-order chi connectivity index (χ0) is 21.9. The molecule has 0 radical (unpaired) electrons. The molecule has 2 rings (SSSR count). The van der Waals surface area contributed by atoms with Crippen LogP contribution in [-0.2, 0) is 4.79 Å². The second-order valence-electron chi connectivity index (χ2n) is 6.13. The number of nitrogens with zero attached hydrogens (tertiary/aromatic N) is 1. The van der Waals surface area contributed by atoms with E-state index in [-0.39, 0.29) is 12.1 Å². The molecule has 2 N–H and O–H groups in total. The van der Waals surface area contributed by atoms with E-state index in [2.05, 4.69) is 15.8 Å². The van der Waals surface area contributed by atoms with E-state index in [9.17, 15) is 9.59 Å². The molecule has 0 aliphatic rings. The molecule has 158 valence electrons. The van der Waals surface area contributed by atoms with Gasteiger partial charge in [0.1, 0.15) is 0 Å². The van der Waals surface area contributed by atoms with E-state index < -0.39 is 11.8 Å². The van der Waals surface area contributed by atoms with E-state index in [0.717, 1.165) is 5.56 Å². The SMILES string of the molecule is COc1cc(C(=O)NCC(=O)N/N=C(C)/C=C/c2ccccc2)cc(OC)c1OC. The van der Waals surface area contributed by atoms with Crippen LogP contribution in [0.3, 0.4) is 0 Å². The van der Waals surface area contributed by atoms with Crippen LogP contribution < -0.4 is 25.0 Å². The minimum Gasteiger partial charge on any atom is -0.493 e. The summed E-state index contributed by atoms with van der Waals surface area (Å²) < 4.78 is 15.7. The van der Waals surface area contributed by atoms with Crippen LogP contribution in [0.4, 0.5) is 0 Å². The number of ether oxygens (including phenoxy) is 3. The molecule has 0 aliphatic heterocycles. The first-order chi connectivity index (χ1) is 14.5. The Bertz CT molecular complexity index is 914. The highest BCUT2D eigenvalue weighted by molar-refractivity contribution is 5.99. The maximum Gasteiger partial charge on any atom is 0.259 e. The normalized spacial score (nSPS) is 11.1. The third-order valence-electron chi connectivity index (χ3n) is 4.01. The zero-order valence-electron chi connectivity index (χ0n) is 17.4. The Kier molecular flexibility index (Phi) is 8.43. The van der Waals surface area contributed by atoms with E-state index in [1.54, 1.807) is 13.0 Å². The Hall–Kier alpha value is -3.81. The summed E-state index contributed by atoms with van der Waals surface area (Å²) in [6, 6.07) is 12.7. The molecule has 0 saturated carbocycles. The Morgan fingerprint density at radius 2 is 1.63 bits per heavy atom. The van der Waals surface area contributed by atoms with Crippen LogP contribution >= 0.6 is 0 Å². The van der Waals surface area contributed by atoms with Crippen LogP contribution in [0.1, 0.15) is 22.8 Å². The van der Waals surface area contributed by atoms with E-state index in [4.69, 9.17) is 14.2 Å². The van der Waals surface area contributed by atoms with Crippen molar-refractivity contribution in [3.63, 3.8) is 0 Å². The van der Waals surface area contributed by atoms with Crippen molar-refractivity contribution in [3.8, 4) is 17.2 Å². The lowest BCUT2D eigenvalue weighted by Gasteiger charge is -2.14. The van der Waals surface area contributed by atoms with Crippen molar-refractivity contribution in [2.75, 3.05) is 27.9 Å². The Morgan fingerprint density at radius 1 is 1.00 bits per heavy atom. The predicted octanol–water partition coefficient (Wildman–Crippen LogP) is 2.65. The minimum absolute atomic E-state index is 0.241. The second kappa shape index (κ2) is 11.3. The monoisotopic (exact) mass is 411 g/mol. The summed E-state index contributed by atoms with van der Waals surface area (Å²) in [6.45, 7) is 1.52. The number of rotatable bonds is 9. The smallest absolute Gasteiger partial charge is 0.259 e. The van der Waals surface area contributed by atoms with Crippen LogP contribution in [0.25, 0.3) is 6.08 Å². The largest absolute Gasteiger partial charge is 0.493 e. The molecule has 0 atom stereocenters. The maximum atomic E-state index is 12.4. The zero-order valence-corrected chi connectivity index (χ0v) is 17.4. The molecule has 0 aromatic heterocycles. The molecule has 0 fully saturated rings. The first-order valence-corrected chi connectivity index (χ1v) is 9.13. The van der Waals surface area contributed by atoms with Crippen molar-refractivity contribution < 1.29 is 23.8 Å². The van der Waals surface area contributed by atoms with Gasteiger partial charge >= 0.3 is 0 Å². The number of hydrazone groups is 1. The second-order valence-corrected chi connectivity index (χ2v) is 6.13. The van der Waals surface area contributed by atoms with Gasteiger partial charge in [-0.15, -0.1) is 0 Å². The van der Waals surface area contributed by atoms with Crippen LogP contribution in [0.2, 0.25) is 0 Å². The molecule has 8 heteroatoms. The van der Waals surface area contributed by atoms with Gasteiger partial charge in [-0.1, -0.05) is 36.4 Å². The van der Waals surface area contributed by atoms with Crippen molar-refractivity contribution in [3.05, 3.63) is 59.7 Å². The number of carbonyl (C=O) groups is 2. The Balaban J connectivity index is 1.93. The Morgan fingerprint density at radius 3 is 2.20 bits per heavy atom. The van der Waals surface area contributed by atoms with Gasteiger partial charge in [0.25, 0.3) is 11.8 Å². The molecule has 2 aromatic rings. The fourth-order valence-corrected chi connectivity index (χ4v) is 2.48. The van der Waals surface area contributed by atoms with Gasteiger partial charge in [-0.25, -0.2) is 5.43 Å². The average molecular weight is 411 g/mol. The van der Waals surface area contributed by atoms with Gasteiger partial charge in [0.15, 0.2) is 11.5 Å².